The zero-order valence-electron chi connectivity index (χ0n) is 14.0. The van der Waals surface area contributed by atoms with Gasteiger partial charge in [0.1, 0.15) is 0 Å². The number of nitrogens with one attached hydrogen (secondary N) is 2. The zero-order chi connectivity index (χ0) is 17.8. The highest BCUT2D eigenvalue weighted by Gasteiger charge is 2.19. The van der Waals surface area contributed by atoms with Crippen LogP contribution in [-0.4, -0.2) is 22.8 Å². The molecule has 0 atom stereocenters. The zero-order valence-corrected chi connectivity index (χ0v) is 14.8. The first-order valence-electron chi connectivity index (χ1n) is 8.36. The quantitative estimate of drug-likeness (QED) is 0.869. The minimum Gasteiger partial charge on any atom is -0.349 e. The topological polar surface area (TPSA) is 71.1 Å². The fourth-order valence-corrected chi connectivity index (χ4v) is 3.12. The molecule has 1 saturated carbocycles. The number of pyridine rings is 1. The Morgan fingerprint density at radius 3 is 2.48 bits per heavy atom. The number of benzene rings is 1. The average Bonchev–Trinajstić information content (AvgIpc) is 3.11. The highest BCUT2D eigenvalue weighted by Crippen LogP contribution is 2.21. The number of anilines is 1. The first-order valence-corrected chi connectivity index (χ1v) is 8.74. The highest BCUT2D eigenvalue weighted by atomic mass is 35.5. The van der Waals surface area contributed by atoms with Gasteiger partial charge < -0.3 is 10.6 Å². The molecule has 130 valence electrons. The van der Waals surface area contributed by atoms with Gasteiger partial charge in [0.2, 0.25) is 0 Å². The van der Waals surface area contributed by atoms with Crippen LogP contribution in [0.15, 0.2) is 36.7 Å². The van der Waals surface area contributed by atoms with Crippen LogP contribution in [0.3, 0.4) is 0 Å². The van der Waals surface area contributed by atoms with Crippen molar-refractivity contribution in [2.45, 2.75) is 38.6 Å². The van der Waals surface area contributed by atoms with Crippen LogP contribution in [0, 0.1) is 6.92 Å². The molecule has 1 aromatic heterocycles. The summed E-state index contributed by atoms with van der Waals surface area (Å²) in [7, 11) is 0. The number of amides is 2. The summed E-state index contributed by atoms with van der Waals surface area (Å²) >= 11 is 5.98. The van der Waals surface area contributed by atoms with E-state index in [0.717, 1.165) is 31.2 Å². The van der Waals surface area contributed by atoms with Crippen molar-refractivity contribution in [2.75, 3.05) is 5.32 Å². The Kier molecular flexibility index (Phi) is 5.34. The van der Waals surface area contributed by atoms with E-state index in [1.54, 1.807) is 18.2 Å². The number of nitrogens with zero attached hydrogens (tertiary/aromatic N) is 1. The fraction of sp³-hybridized carbons (Fsp3) is 0.316. The van der Waals surface area contributed by atoms with Crippen molar-refractivity contribution in [3.05, 3.63) is 58.4 Å². The van der Waals surface area contributed by atoms with E-state index in [9.17, 15) is 9.59 Å². The largest absolute Gasteiger partial charge is 0.349 e. The Morgan fingerprint density at radius 2 is 1.76 bits per heavy atom. The first-order chi connectivity index (χ1) is 12.0. The van der Waals surface area contributed by atoms with Gasteiger partial charge in [-0.1, -0.05) is 30.5 Å². The van der Waals surface area contributed by atoms with Gasteiger partial charge in [-0.05, 0) is 43.5 Å². The molecule has 1 aliphatic carbocycles. The van der Waals surface area contributed by atoms with E-state index in [1.807, 2.05) is 13.0 Å². The molecule has 5 nitrogen and oxygen atoms in total. The molecule has 2 aromatic rings. The molecule has 1 aliphatic rings. The number of aryl methyl sites for hydroxylation is 1. The number of hydrogen-bond acceptors (Lipinski definition) is 3. The molecule has 1 fully saturated rings. The van der Waals surface area contributed by atoms with Gasteiger partial charge in [0.05, 0.1) is 11.1 Å². The third-order valence-electron chi connectivity index (χ3n) is 4.40. The average molecular weight is 358 g/mol. The van der Waals surface area contributed by atoms with Crippen LogP contribution in [0.25, 0.3) is 0 Å². The van der Waals surface area contributed by atoms with E-state index < -0.39 is 0 Å². The maximum atomic E-state index is 12.5. The lowest BCUT2D eigenvalue weighted by molar-refractivity contribution is 0.0937. The van der Waals surface area contributed by atoms with E-state index in [-0.39, 0.29) is 17.9 Å². The molecule has 0 aliphatic heterocycles. The lowest BCUT2D eigenvalue weighted by atomic mass is 10.1. The molecular formula is C19H20ClN3O2. The number of carbonyl (C=O) groups excluding carboxylic acids is 2. The van der Waals surface area contributed by atoms with Crippen molar-refractivity contribution >= 4 is 29.1 Å². The van der Waals surface area contributed by atoms with Crippen LogP contribution < -0.4 is 10.6 Å². The molecule has 25 heavy (non-hydrogen) atoms. The van der Waals surface area contributed by atoms with Gasteiger partial charge in [0, 0.05) is 29.1 Å². The van der Waals surface area contributed by atoms with E-state index in [1.165, 1.54) is 12.4 Å². The molecule has 0 spiro atoms. The van der Waals surface area contributed by atoms with Crippen molar-refractivity contribution in [2.24, 2.45) is 0 Å². The second-order valence-corrected chi connectivity index (χ2v) is 6.77. The van der Waals surface area contributed by atoms with E-state index in [0.29, 0.717) is 21.8 Å². The van der Waals surface area contributed by atoms with Crippen LogP contribution in [-0.2, 0) is 0 Å². The van der Waals surface area contributed by atoms with Crippen LogP contribution >= 0.6 is 11.6 Å². The molecule has 0 unspecified atom stereocenters. The molecule has 2 N–H and O–H groups in total. The minimum atomic E-state index is -0.326. The summed E-state index contributed by atoms with van der Waals surface area (Å²) in [6.07, 6.45) is 7.23. The molecule has 3 rings (SSSR count). The maximum Gasteiger partial charge on any atom is 0.257 e. The van der Waals surface area contributed by atoms with Crippen LogP contribution in [0.5, 0.6) is 0 Å². The molecule has 1 aromatic carbocycles. The number of rotatable bonds is 4. The smallest absolute Gasteiger partial charge is 0.257 e. The number of halogens is 1. The standard InChI is InChI=1S/C19H20ClN3O2/c1-12-6-7-15(20)9-17(12)23-19(25)14-8-13(10-21-11-14)18(24)22-16-4-2-3-5-16/h6-11,16H,2-5H2,1H3,(H,22,24)(H,23,25). The maximum absolute atomic E-state index is 12.5. The van der Waals surface area contributed by atoms with Gasteiger partial charge >= 0.3 is 0 Å². The lowest BCUT2D eigenvalue weighted by Crippen LogP contribution is -2.32. The van der Waals surface area contributed by atoms with Gasteiger partial charge in [0.25, 0.3) is 11.8 Å². The molecule has 0 radical (unpaired) electrons. The van der Waals surface area contributed by atoms with Crippen molar-refractivity contribution in [1.29, 1.82) is 0 Å². The summed E-state index contributed by atoms with van der Waals surface area (Å²) < 4.78 is 0. The minimum absolute atomic E-state index is 0.187. The molecule has 1 heterocycles. The predicted molar refractivity (Wildman–Crippen MR) is 98.1 cm³/mol. The van der Waals surface area contributed by atoms with E-state index >= 15 is 0 Å². The summed E-state index contributed by atoms with van der Waals surface area (Å²) in [5.41, 5.74) is 2.26. The number of aromatic nitrogens is 1. The number of hydrogen-bond donors (Lipinski definition) is 2. The molecule has 6 heteroatoms. The highest BCUT2D eigenvalue weighted by molar-refractivity contribution is 6.31. The SMILES string of the molecule is Cc1ccc(Cl)cc1NC(=O)c1cncc(C(=O)NC2CCCC2)c1. The molecule has 0 saturated heterocycles. The van der Waals surface area contributed by atoms with Gasteiger partial charge in [-0.2, -0.15) is 0 Å². The normalized spacial score (nSPS) is 14.3. The molecule has 2 amide bonds. The van der Waals surface area contributed by atoms with Gasteiger partial charge in [-0.3, -0.25) is 14.6 Å². The Labute approximate surface area is 151 Å². The Balaban J connectivity index is 1.72. The van der Waals surface area contributed by atoms with Crippen molar-refractivity contribution in [3.8, 4) is 0 Å². The monoisotopic (exact) mass is 357 g/mol. The predicted octanol–water partition coefficient (Wildman–Crippen LogP) is 3.97. The van der Waals surface area contributed by atoms with Gasteiger partial charge in [0.15, 0.2) is 0 Å². The van der Waals surface area contributed by atoms with Crippen LogP contribution in [0.2, 0.25) is 5.02 Å². The molecule has 0 bridgehead atoms. The number of carbonyl (C=O) groups is 2. The summed E-state index contributed by atoms with van der Waals surface area (Å²) in [5, 5.41) is 6.36. The fourth-order valence-electron chi connectivity index (χ4n) is 2.95. The van der Waals surface area contributed by atoms with Gasteiger partial charge in [-0.15, -0.1) is 0 Å². The third-order valence-corrected chi connectivity index (χ3v) is 4.64. The van der Waals surface area contributed by atoms with Crippen LogP contribution in [0.1, 0.15) is 52.0 Å². The van der Waals surface area contributed by atoms with Crippen LogP contribution in [0.4, 0.5) is 5.69 Å². The second kappa shape index (κ2) is 7.66. The molecular weight excluding hydrogens is 338 g/mol. The summed E-state index contributed by atoms with van der Waals surface area (Å²) in [6.45, 7) is 1.88. The van der Waals surface area contributed by atoms with Crippen molar-refractivity contribution in [1.82, 2.24) is 10.3 Å². The van der Waals surface area contributed by atoms with Crippen molar-refractivity contribution in [3.63, 3.8) is 0 Å². The summed E-state index contributed by atoms with van der Waals surface area (Å²) in [6, 6.07) is 7.08. The third kappa shape index (κ3) is 4.37. The first kappa shape index (κ1) is 17.4. The van der Waals surface area contributed by atoms with E-state index in [2.05, 4.69) is 15.6 Å². The second-order valence-electron chi connectivity index (χ2n) is 6.33. The Bertz CT molecular complexity index is 801. The Hall–Kier alpha value is -2.40. The summed E-state index contributed by atoms with van der Waals surface area (Å²) in [4.78, 5) is 28.8. The lowest BCUT2D eigenvalue weighted by Gasteiger charge is -2.12. The Morgan fingerprint density at radius 1 is 1.08 bits per heavy atom. The van der Waals surface area contributed by atoms with Gasteiger partial charge in [-0.25, -0.2) is 0 Å². The van der Waals surface area contributed by atoms with Crippen molar-refractivity contribution < 1.29 is 9.59 Å². The van der Waals surface area contributed by atoms with E-state index in [4.69, 9.17) is 11.6 Å². The summed E-state index contributed by atoms with van der Waals surface area (Å²) in [5.74, 6) is -0.513.